The van der Waals surface area contributed by atoms with E-state index < -0.39 is 6.10 Å². The number of aliphatic hydroxyl groups is 1. The highest BCUT2D eigenvalue weighted by atomic mass is 16.5. The van der Waals surface area contributed by atoms with E-state index in [2.05, 4.69) is 6.07 Å². The molecule has 0 amide bonds. The van der Waals surface area contributed by atoms with Gasteiger partial charge in [0.2, 0.25) is 0 Å². The molecule has 20 heavy (non-hydrogen) atoms. The molecule has 0 bridgehead atoms. The summed E-state index contributed by atoms with van der Waals surface area (Å²) in [6.45, 7) is 2.35. The van der Waals surface area contributed by atoms with Crippen molar-refractivity contribution >= 4 is 0 Å². The second-order valence-electron chi connectivity index (χ2n) is 4.71. The minimum absolute atomic E-state index is 0.349. The van der Waals surface area contributed by atoms with Crippen molar-refractivity contribution in [2.45, 2.75) is 12.5 Å². The van der Waals surface area contributed by atoms with Crippen molar-refractivity contribution in [3.63, 3.8) is 0 Å². The summed E-state index contributed by atoms with van der Waals surface area (Å²) in [7, 11) is 3.53. The molecule has 1 N–H and O–H groups in total. The minimum Gasteiger partial charge on any atom is -0.494 e. The Morgan fingerprint density at radius 3 is 2.95 bits per heavy atom. The normalized spacial score (nSPS) is 12.2. The molecular weight excluding hydrogens is 256 g/mol. The molecule has 5 nitrogen and oxygen atoms in total. The number of benzene rings is 1. The first-order valence-corrected chi connectivity index (χ1v) is 6.64. The van der Waals surface area contributed by atoms with Gasteiger partial charge >= 0.3 is 0 Å². The Morgan fingerprint density at radius 2 is 2.25 bits per heavy atom. The Morgan fingerprint density at radius 1 is 1.45 bits per heavy atom. The highest BCUT2D eigenvalue weighted by molar-refractivity contribution is 5.36. The first kappa shape index (κ1) is 16.4. The van der Waals surface area contributed by atoms with Gasteiger partial charge in [0.1, 0.15) is 5.75 Å². The van der Waals surface area contributed by atoms with E-state index in [1.54, 1.807) is 25.3 Å². The van der Waals surface area contributed by atoms with Gasteiger partial charge in [0.25, 0.3) is 0 Å². The number of hydrogen-bond acceptors (Lipinski definition) is 5. The van der Waals surface area contributed by atoms with Crippen LogP contribution in [0.5, 0.6) is 5.75 Å². The summed E-state index contributed by atoms with van der Waals surface area (Å²) in [6.07, 6.45) is 0.394. The van der Waals surface area contributed by atoms with Crippen molar-refractivity contribution in [2.75, 3.05) is 40.5 Å². The van der Waals surface area contributed by atoms with Gasteiger partial charge < -0.3 is 19.5 Å². The van der Waals surface area contributed by atoms with Gasteiger partial charge in [-0.15, -0.1) is 0 Å². The van der Waals surface area contributed by atoms with Crippen molar-refractivity contribution in [3.8, 4) is 11.8 Å². The molecule has 0 aromatic heterocycles. The maximum Gasteiger partial charge on any atom is 0.120 e. The average Bonchev–Trinajstić information content (AvgIpc) is 2.44. The van der Waals surface area contributed by atoms with E-state index in [4.69, 9.17) is 14.7 Å². The molecular formula is C15H22N2O3. The van der Waals surface area contributed by atoms with E-state index in [-0.39, 0.29) is 0 Å². The average molecular weight is 278 g/mol. The molecule has 0 radical (unpaired) electrons. The first-order chi connectivity index (χ1) is 9.65. The highest BCUT2D eigenvalue weighted by Gasteiger charge is 2.07. The third kappa shape index (κ3) is 6.53. The van der Waals surface area contributed by atoms with Crippen LogP contribution in [0.15, 0.2) is 24.3 Å². The second kappa shape index (κ2) is 9.32. The molecule has 110 valence electrons. The summed E-state index contributed by atoms with van der Waals surface area (Å²) in [4.78, 5) is 2.04. The van der Waals surface area contributed by atoms with Crippen LogP contribution in [0.3, 0.4) is 0 Å². The number of rotatable bonds is 9. The summed E-state index contributed by atoms with van der Waals surface area (Å²) in [5.74, 6) is 0.714. The zero-order valence-electron chi connectivity index (χ0n) is 12.1. The van der Waals surface area contributed by atoms with Crippen molar-refractivity contribution in [1.82, 2.24) is 4.90 Å². The monoisotopic (exact) mass is 278 g/mol. The van der Waals surface area contributed by atoms with Crippen LogP contribution in [0.25, 0.3) is 0 Å². The van der Waals surface area contributed by atoms with Gasteiger partial charge in [0.05, 0.1) is 31.0 Å². The molecule has 0 heterocycles. The fourth-order valence-corrected chi connectivity index (χ4v) is 1.88. The number of nitriles is 1. The van der Waals surface area contributed by atoms with Gasteiger partial charge in [-0.3, -0.25) is 0 Å². The summed E-state index contributed by atoms with van der Waals surface area (Å²) >= 11 is 0. The molecule has 0 saturated carbocycles. The largest absolute Gasteiger partial charge is 0.494 e. The van der Waals surface area contributed by atoms with Gasteiger partial charge in [-0.25, -0.2) is 0 Å². The number of hydrogen-bond donors (Lipinski definition) is 1. The van der Waals surface area contributed by atoms with Crippen LogP contribution in [0.2, 0.25) is 0 Å². The zero-order valence-corrected chi connectivity index (χ0v) is 12.1. The van der Waals surface area contributed by atoms with Crippen LogP contribution < -0.4 is 4.74 Å². The van der Waals surface area contributed by atoms with Crippen molar-refractivity contribution in [2.24, 2.45) is 0 Å². The van der Waals surface area contributed by atoms with Gasteiger partial charge in [-0.2, -0.15) is 5.26 Å². The van der Waals surface area contributed by atoms with E-state index in [0.29, 0.717) is 31.1 Å². The van der Waals surface area contributed by atoms with Gasteiger partial charge in [-0.05, 0) is 31.7 Å². The highest BCUT2D eigenvalue weighted by Crippen LogP contribution is 2.12. The topological polar surface area (TPSA) is 65.7 Å². The van der Waals surface area contributed by atoms with Crippen LogP contribution in [0, 0.1) is 11.3 Å². The Balaban J connectivity index is 2.19. The van der Waals surface area contributed by atoms with Gasteiger partial charge in [-0.1, -0.05) is 6.07 Å². The van der Waals surface area contributed by atoms with E-state index in [1.165, 1.54) is 0 Å². The third-order valence-electron chi connectivity index (χ3n) is 2.80. The van der Waals surface area contributed by atoms with Crippen LogP contribution in [-0.2, 0) is 4.74 Å². The molecule has 1 aromatic carbocycles. The predicted octanol–water partition coefficient (Wildman–Crippen LogP) is 1.27. The summed E-state index contributed by atoms with van der Waals surface area (Å²) in [5, 5.41) is 18.4. The predicted molar refractivity (Wildman–Crippen MR) is 76.6 cm³/mol. The molecule has 0 aliphatic heterocycles. The molecule has 0 aliphatic carbocycles. The minimum atomic E-state index is -0.460. The Bertz CT molecular complexity index is 431. The Hall–Kier alpha value is -1.61. The standard InChI is InChI=1S/C15H22N2O3/c1-17(11-14(18)12-19-2)7-4-8-20-15-6-3-5-13(9-15)10-16/h3,5-6,9,14,18H,4,7-8,11-12H2,1-2H3. The SMILES string of the molecule is COCC(O)CN(C)CCCOc1cccc(C#N)c1. The number of aliphatic hydroxyl groups excluding tert-OH is 1. The van der Waals surface area contributed by atoms with Gasteiger partial charge in [0.15, 0.2) is 0 Å². The van der Waals surface area contributed by atoms with E-state index in [1.807, 2.05) is 18.0 Å². The molecule has 1 atom stereocenters. The maximum atomic E-state index is 9.58. The summed E-state index contributed by atoms with van der Waals surface area (Å²) < 4.78 is 10.5. The van der Waals surface area contributed by atoms with Gasteiger partial charge in [0, 0.05) is 20.2 Å². The molecule has 1 unspecified atom stereocenters. The summed E-state index contributed by atoms with van der Waals surface area (Å²) in [6, 6.07) is 9.20. The lowest BCUT2D eigenvalue weighted by Gasteiger charge is -2.20. The molecule has 5 heteroatoms. The molecule has 1 aromatic rings. The summed E-state index contributed by atoms with van der Waals surface area (Å²) in [5.41, 5.74) is 0.599. The Labute approximate surface area is 120 Å². The second-order valence-corrected chi connectivity index (χ2v) is 4.71. The molecule has 0 saturated heterocycles. The Kier molecular flexibility index (Phi) is 7.66. The number of ether oxygens (including phenoxy) is 2. The first-order valence-electron chi connectivity index (χ1n) is 6.64. The zero-order chi connectivity index (χ0) is 14.8. The fourth-order valence-electron chi connectivity index (χ4n) is 1.88. The molecule has 0 fully saturated rings. The van der Waals surface area contributed by atoms with E-state index in [0.717, 1.165) is 13.0 Å². The number of methoxy groups -OCH3 is 1. The maximum absolute atomic E-state index is 9.58. The van der Waals surface area contributed by atoms with Crippen LogP contribution in [-0.4, -0.2) is 56.6 Å². The fraction of sp³-hybridized carbons (Fsp3) is 0.533. The van der Waals surface area contributed by atoms with E-state index >= 15 is 0 Å². The van der Waals surface area contributed by atoms with Crippen molar-refractivity contribution in [3.05, 3.63) is 29.8 Å². The molecule has 1 rings (SSSR count). The van der Waals surface area contributed by atoms with Crippen LogP contribution in [0.1, 0.15) is 12.0 Å². The molecule has 0 spiro atoms. The smallest absolute Gasteiger partial charge is 0.120 e. The lowest BCUT2D eigenvalue weighted by atomic mass is 10.2. The lowest BCUT2D eigenvalue weighted by Crippen LogP contribution is -2.33. The number of likely N-dealkylation sites (N-methyl/N-ethyl adjacent to an activating group) is 1. The van der Waals surface area contributed by atoms with E-state index in [9.17, 15) is 5.11 Å². The van der Waals surface area contributed by atoms with Crippen molar-refractivity contribution < 1.29 is 14.6 Å². The van der Waals surface area contributed by atoms with Crippen LogP contribution in [0.4, 0.5) is 0 Å². The van der Waals surface area contributed by atoms with Crippen LogP contribution >= 0.6 is 0 Å². The lowest BCUT2D eigenvalue weighted by molar-refractivity contribution is 0.0424. The van der Waals surface area contributed by atoms with Crippen molar-refractivity contribution in [1.29, 1.82) is 5.26 Å². The number of nitrogens with zero attached hydrogens (tertiary/aromatic N) is 2. The quantitative estimate of drug-likeness (QED) is 0.689. The molecule has 0 aliphatic rings. The third-order valence-corrected chi connectivity index (χ3v) is 2.80.